The normalized spacial score (nSPS) is 11.8. The molecule has 0 saturated heterocycles. The Balaban J connectivity index is 3.20. The zero-order chi connectivity index (χ0) is 4.99. The zero-order valence-electron chi connectivity index (χ0n) is 4.10. The molecule has 0 radical (unpaired) electrons. The van der Waals surface area contributed by atoms with Gasteiger partial charge >= 0.3 is 0 Å². The van der Waals surface area contributed by atoms with Gasteiger partial charge in [-0.3, -0.25) is 0 Å². The summed E-state index contributed by atoms with van der Waals surface area (Å²) < 4.78 is 0. The molecule has 0 fully saturated rings. The molecule has 0 rings (SSSR count). The third-order valence-corrected chi connectivity index (χ3v) is 0.333. The van der Waals surface area contributed by atoms with Crippen molar-refractivity contribution in [2.75, 3.05) is 7.05 Å². The SMILES string of the molecule is C[N+]#CC(C)N. The molecule has 0 amide bonds. The molecule has 0 bridgehead atoms. The molecular formula is C4H9N2+. The molecule has 0 aliphatic heterocycles. The summed E-state index contributed by atoms with van der Waals surface area (Å²) in [5.74, 6) is 0. The van der Waals surface area contributed by atoms with Crippen LogP contribution in [-0.2, 0) is 0 Å². The molecule has 0 aromatic heterocycles. The first-order valence-electron chi connectivity index (χ1n) is 1.87. The standard InChI is InChI=1S/C4H9N2/c1-4(5)3-6-2/h4H,5H2,1-2H3/q+1. The fourth-order valence-electron chi connectivity index (χ4n) is 0.204. The third kappa shape index (κ3) is 3.45. The smallest absolute Gasteiger partial charge is 0.290 e. The average Bonchev–Trinajstić information content (AvgIpc) is 1.35. The minimum Gasteiger partial charge on any atom is -0.313 e. The molecule has 0 aromatic carbocycles. The highest BCUT2D eigenvalue weighted by molar-refractivity contribution is 4.91. The molecule has 0 aliphatic rings. The molecular weight excluding hydrogens is 76.1 g/mol. The van der Waals surface area contributed by atoms with Crippen LogP contribution in [0.5, 0.6) is 0 Å². The maximum absolute atomic E-state index is 5.20. The van der Waals surface area contributed by atoms with Gasteiger partial charge in [0.15, 0.2) is 0 Å². The highest BCUT2D eigenvalue weighted by atomic mass is 14.7. The van der Waals surface area contributed by atoms with Gasteiger partial charge in [-0.05, 0) is 6.92 Å². The lowest BCUT2D eigenvalue weighted by molar-refractivity contribution is 0.957. The predicted molar refractivity (Wildman–Crippen MR) is 26.8 cm³/mol. The lowest BCUT2D eigenvalue weighted by Gasteiger charge is -1.73. The van der Waals surface area contributed by atoms with Gasteiger partial charge in [0.1, 0.15) is 6.04 Å². The molecule has 2 N–H and O–H groups in total. The van der Waals surface area contributed by atoms with Crippen LogP contribution in [0.3, 0.4) is 0 Å². The van der Waals surface area contributed by atoms with E-state index in [9.17, 15) is 0 Å². The van der Waals surface area contributed by atoms with E-state index < -0.39 is 0 Å². The molecule has 0 aromatic rings. The van der Waals surface area contributed by atoms with Crippen LogP contribution in [0.2, 0.25) is 0 Å². The molecule has 2 heteroatoms. The van der Waals surface area contributed by atoms with Crippen molar-refractivity contribution in [2.45, 2.75) is 13.0 Å². The lowest BCUT2D eigenvalue weighted by Crippen LogP contribution is -2.10. The van der Waals surface area contributed by atoms with Crippen LogP contribution >= 0.6 is 0 Å². The summed E-state index contributed by atoms with van der Waals surface area (Å²) in [7, 11) is 1.66. The molecule has 0 aliphatic carbocycles. The van der Waals surface area contributed by atoms with E-state index in [1.807, 2.05) is 6.92 Å². The summed E-state index contributed by atoms with van der Waals surface area (Å²) in [5, 5.41) is 0. The number of nitrogens with two attached hydrogens (primary N) is 1. The average molecular weight is 85.1 g/mol. The fourth-order valence-corrected chi connectivity index (χ4v) is 0.204. The van der Waals surface area contributed by atoms with Crippen molar-refractivity contribution in [1.82, 2.24) is 0 Å². The van der Waals surface area contributed by atoms with Crippen LogP contribution in [0.15, 0.2) is 0 Å². The molecule has 0 spiro atoms. The van der Waals surface area contributed by atoms with E-state index in [0.29, 0.717) is 0 Å². The third-order valence-electron chi connectivity index (χ3n) is 0.333. The van der Waals surface area contributed by atoms with Crippen LogP contribution in [-0.4, -0.2) is 13.1 Å². The number of rotatable bonds is 0. The highest BCUT2D eigenvalue weighted by Crippen LogP contribution is 1.65. The number of nitrogens with zero attached hydrogens (tertiary/aromatic N) is 1. The summed E-state index contributed by atoms with van der Waals surface area (Å²) in [6, 6.07) is 2.59. The first kappa shape index (κ1) is 5.45. The van der Waals surface area contributed by atoms with Crippen molar-refractivity contribution in [2.24, 2.45) is 5.73 Å². The first-order chi connectivity index (χ1) is 2.77. The number of hydrogen-bond donors (Lipinski definition) is 1. The van der Waals surface area contributed by atoms with E-state index in [1.165, 1.54) is 0 Å². The van der Waals surface area contributed by atoms with E-state index in [1.54, 1.807) is 7.05 Å². The summed E-state index contributed by atoms with van der Waals surface area (Å²) >= 11 is 0. The minimum absolute atomic E-state index is 0.0185. The van der Waals surface area contributed by atoms with E-state index in [-0.39, 0.29) is 6.04 Å². The Morgan fingerprint density at radius 1 is 1.83 bits per heavy atom. The van der Waals surface area contributed by atoms with Crippen LogP contribution in [0.25, 0.3) is 4.85 Å². The van der Waals surface area contributed by atoms with Crippen LogP contribution in [0, 0.1) is 6.07 Å². The Labute approximate surface area is 37.8 Å². The summed E-state index contributed by atoms with van der Waals surface area (Å²) in [6.45, 7) is 1.83. The van der Waals surface area contributed by atoms with Gasteiger partial charge in [0.2, 0.25) is 0 Å². The zero-order valence-corrected chi connectivity index (χ0v) is 4.10. The highest BCUT2D eigenvalue weighted by Gasteiger charge is 1.87. The topological polar surface area (TPSA) is 30.4 Å². The second-order valence-electron chi connectivity index (χ2n) is 1.14. The Hall–Kier alpha value is -0.550. The van der Waals surface area contributed by atoms with Crippen molar-refractivity contribution in [3.63, 3.8) is 0 Å². The van der Waals surface area contributed by atoms with Gasteiger partial charge in [0.05, 0.1) is 0 Å². The summed E-state index contributed by atoms with van der Waals surface area (Å²) in [4.78, 5) is 3.56. The van der Waals surface area contributed by atoms with E-state index in [0.717, 1.165) is 0 Å². The molecule has 0 saturated carbocycles. The van der Waals surface area contributed by atoms with Gasteiger partial charge in [-0.25, -0.2) is 0 Å². The summed E-state index contributed by atoms with van der Waals surface area (Å²) in [6.07, 6.45) is 0. The van der Waals surface area contributed by atoms with Gasteiger partial charge in [0.25, 0.3) is 13.1 Å². The van der Waals surface area contributed by atoms with E-state index in [2.05, 4.69) is 10.9 Å². The predicted octanol–water partition coefficient (Wildman–Crippen LogP) is 0.296. The molecule has 6 heavy (non-hydrogen) atoms. The summed E-state index contributed by atoms with van der Waals surface area (Å²) in [5.41, 5.74) is 5.20. The van der Waals surface area contributed by atoms with Crippen LogP contribution < -0.4 is 5.73 Å². The molecule has 34 valence electrons. The quantitative estimate of drug-likeness (QED) is 0.450. The van der Waals surface area contributed by atoms with Gasteiger partial charge < -0.3 is 5.73 Å². The van der Waals surface area contributed by atoms with Crippen LogP contribution in [0.1, 0.15) is 6.92 Å². The van der Waals surface area contributed by atoms with Crippen molar-refractivity contribution >= 4 is 0 Å². The molecule has 0 heterocycles. The van der Waals surface area contributed by atoms with Gasteiger partial charge in [-0.1, -0.05) is 4.85 Å². The van der Waals surface area contributed by atoms with E-state index in [4.69, 9.17) is 5.73 Å². The van der Waals surface area contributed by atoms with Crippen molar-refractivity contribution in [3.05, 3.63) is 4.85 Å². The Morgan fingerprint density at radius 2 is 2.33 bits per heavy atom. The largest absolute Gasteiger partial charge is 0.313 e. The Bertz CT molecular complexity index is 75.3. The molecule has 2 nitrogen and oxygen atoms in total. The maximum atomic E-state index is 5.20. The first-order valence-corrected chi connectivity index (χ1v) is 1.87. The Morgan fingerprint density at radius 3 is 2.33 bits per heavy atom. The van der Waals surface area contributed by atoms with Crippen molar-refractivity contribution in [3.8, 4) is 6.07 Å². The van der Waals surface area contributed by atoms with Gasteiger partial charge in [-0.15, -0.1) is 0 Å². The Kier molecular flexibility index (Phi) is 2.43. The fraction of sp³-hybridized carbons (Fsp3) is 0.750. The molecule has 1 atom stereocenters. The van der Waals surface area contributed by atoms with Crippen molar-refractivity contribution < 1.29 is 0 Å². The second kappa shape index (κ2) is 2.67. The monoisotopic (exact) mass is 85.1 g/mol. The number of hydrogen-bond acceptors (Lipinski definition) is 1. The molecule has 1 unspecified atom stereocenters. The lowest BCUT2D eigenvalue weighted by atomic mass is 10.4. The van der Waals surface area contributed by atoms with Gasteiger partial charge in [0, 0.05) is 0 Å². The minimum atomic E-state index is -0.0185. The maximum Gasteiger partial charge on any atom is 0.290 e. The van der Waals surface area contributed by atoms with Crippen LogP contribution in [0.4, 0.5) is 0 Å². The van der Waals surface area contributed by atoms with Gasteiger partial charge in [-0.2, -0.15) is 0 Å². The van der Waals surface area contributed by atoms with Crippen molar-refractivity contribution in [1.29, 1.82) is 0 Å². The van der Waals surface area contributed by atoms with E-state index >= 15 is 0 Å². The second-order valence-corrected chi connectivity index (χ2v) is 1.14.